The molecule has 4 nitrogen and oxygen atoms in total. The fraction of sp³-hybridized carbons (Fsp3) is 0.200. The van der Waals surface area contributed by atoms with E-state index < -0.39 is 0 Å². The summed E-state index contributed by atoms with van der Waals surface area (Å²) in [6.07, 6.45) is 3.60. The maximum absolute atomic E-state index is 11.0. The number of rotatable bonds is 4. The van der Waals surface area contributed by atoms with Gasteiger partial charge in [0, 0.05) is 37.2 Å². The molecule has 0 aliphatic carbocycles. The van der Waals surface area contributed by atoms with Crippen LogP contribution in [0.15, 0.2) is 42.7 Å². The average molecular weight is 255 g/mol. The van der Waals surface area contributed by atoms with Gasteiger partial charge in [0.05, 0.1) is 0 Å². The lowest BCUT2D eigenvalue weighted by atomic mass is 10.1. The molecule has 98 valence electrons. The van der Waals surface area contributed by atoms with E-state index in [1.165, 1.54) is 6.92 Å². The second-order valence-corrected chi connectivity index (χ2v) is 4.43. The van der Waals surface area contributed by atoms with Gasteiger partial charge in [0.15, 0.2) is 0 Å². The minimum atomic E-state index is -0.0563. The van der Waals surface area contributed by atoms with Crippen molar-refractivity contribution in [2.45, 2.75) is 20.4 Å². The molecule has 1 amide bonds. The predicted octanol–water partition coefficient (Wildman–Crippen LogP) is 2.96. The van der Waals surface area contributed by atoms with E-state index in [1.807, 2.05) is 43.5 Å². The number of amides is 1. The van der Waals surface area contributed by atoms with Crippen LogP contribution in [0.5, 0.6) is 0 Å². The molecule has 0 unspecified atom stereocenters. The number of carbonyl (C=O) groups is 1. The zero-order valence-corrected chi connectivity index (χ0v) is 11.1. The summed E-state index contributed by atoms with van der Waals surface area (Å²) in [6, 6.07) is 9.82. The highest BCUT2D eigenvalue weighted by Crippen LogP contribution is 2.20. The minimum Gasteiger partial charge on any atom is -0.381 e. The zero-order chi connectivity index (χ0) is 13.7. The SMILES string of the molecule is CC(=O)Nc1ccc(NCc2cccnc2)cc1C. The Balaban J connectivity index is 2.02. The van der Waals surface area contributed by atoms with Crippen LogP contribution < -0.4 is 10.6 Å². The molecule has 1 aromatic heterocycles. The summed E-state index contributed by atoms with van der Waals surface area (Å²) in [4.78, 5) is 15.1. The Hall–Kier alpha value is -2.36. The Kier molecular flexibility index (Phi) is 4.13. The Bertz CT molecular complexity index is 567. The third kappa shape index (κ3) is 3.81. The molecular formula is C15H17N3O. The van der Waals surface area contributed by atoms with E-state index in [-0.39, 0.29) is 5.91 Å². The van der Waals surface area contributed by atoms with E-state index in [1.54, 1.807) is 6.20 Å². The van der Waals surface area contributed by atoms with E-state index in [4.69, 9.17) is 0 Å². The fourth-order valence-corrected chi connectivity index (χ4v) is 1.81. The molecule has 1 heterocycles. The number of anilines is 2. The second kappa shape index (κ2) is 6.00. The van der Waals surface area contributed by atoms with Gasteiger partial charge in [-0.1, -0.05) is 6.07 Å². The molecule has 0 aliphatic rings. The molecule has 2 rings (SSSR count). The minimum absolute atomic E-state index is 0.0563. The molecule has 0 fully saturated rings. The van der Waals surface area contributed by atoms with Crippen LogP contribution in [0.2, 0.25) is 0 Å². The zero-order valence-electron chi connectivity index (χ0n) is 11.1. The Morgan fingerprint density at radius 1 is 1.32 bits per heavy atom. The van der Waals surface area contributed by atoms with Crippen LogP contribution in [-0.4, -0.2) is 10.9 Å². The molecule has 0 saturated carbocycles. The van der Waals surface area contributed by atoms with Crippen LogP contribution >= 0.6 is 0 Å². The van der Waals surface area contributed by atoms with Crippen molar-refractivity contribution in [2.75, 3.05) is 10.6 Å². The van der Waals surface area contributed by atoms with Crippen LogP contribution in [0.25, 0.3) is 0 Å². The number of aromatic nitrogens is 1. The number of hydrogen-bond donors (Lipinski definition) is 2. The highest BCUT2D eigenvalue weighted by molar-refractivity contribution is 5.89. The van der Waals surface area contributed by atoms with Gasteiger partial charge in [0.1, 0.15) is 0 Å². The molecule has 2 N–H and O–H groups in total. The van der Waals surface area contributed by atoms with Crippen LogP contribution in [0, 0.1) is 6.92 Å². The van der Waals surface area contributed by atoms with Crippen molar-refractivity contribution in [1.82, 2.24) is 4.98 Å². The summed E-state index contributed by atoms with van der Waals surface area (Å²) in [5, 5.41) is 6.13. The van der Waals surface area contributed by atoms with E-state index in [0.29, 0.717) is 0 Å². The molecule has 0 atom stereocenters. The number of carbonyl (C=O) groups excluding carboxylic acids is 1. The molecule has 19 heavy (non-hydrogen) atoms. The van der Waals surface area contributed by atoms with Crippen LogP contribution in [0.1, 0.15) is 18.1 Å². The smallest absolute Gasteiger partial charge is 0.221 e. The van der Waals surface area contributed by atoms with Gasteiger partial charge in [-0.15, -0.1) is 0 Å². The number of nitrogens with one attached hydrogen (secondary N) is 2. The largest absolute Gasteiger partial charge is 0.381 e. The molecule has 0 radical (unpaired) electrons. The molecule has 4 heteroatoms. The van der Waals surface area contributed by atoms with Gasteiger partial charge >= 0.3 is 0 Å². The number of hydrogen-bond acceptors (Lipinski definition) is 3. The van der Waals surface area contributed by atoms with Crippen molar-refractivity contribution in [3.8, 4) is 0 Å². The predicted molar refractivity (Wildman–Crippen MR) is 77.0 cm³/mol. The lowest BCUT2D eigenvalue weighted by Crippen LogP contribution is -2.07. The first-order valence-electron chi connectivity index (χ1n) is 6.16. The van der Waals surface area contributed by atoms with Crippen molar-refractivity contribution in [2.24, 2.45) is 0 Å². The third-order valence-electron chi connectivity index (χ3n) is 2.76. The van der Waals surface area contributed by atoms with Crippen LogP contribution in [-0.2, 0) is 11.3 Å². The van der Waals surface area contributed by atoms with E-state index in [0.717, 1.165) is 29.0 Å². The molecule has 0 saturated heterocycles. The first kappa shape index (κ1) is 13.1. The topological polar surface area (TPSA) is 54.0 Å². The number of pyridine rings is 1. The van der Waals surface area contributed by atoms with Gasteiger partial charge in [-0.25, -0.2) is 0 Å². The van der Waals surface area contributed by atoms with Gasteiger partial charge in [-0.2, -0.15) is 0 Å². The molecule has 2 aromatic rings. The number of nitrogens with zero attached hydrogens (tertiary/aromatic N) is 1. The Morgan fingerprint density at radius 3 is 2.79 bits per heavy atom. The second-order valence-electron chi connectivity index (χ2n) is 4.43. The Morgan fingerprint density at radius 2 is 2.16 bits per heavy atom. The van der Waals surface area contributed by atoms with Gasteiger partial charge in [0.25, 0.3) is 0 Å². The lowest BCUT2D eigenvalue weighted by Gasteiger charge is -2.10. The molecule has 0 spiro atoms. The molecule has 1 aromatic carbocycles. The first-order chi connectivity index (χ1) is 9.15. The van der Waals surface area contributed by atoms with Crippen molar-refractivity contribution in [3.63, 3.8) is 0 Å². The lowest BCUT2D eigenvalue weighted by molar-refractivity contribution is -0.114. The van der Waals surface area contributed by atoms with E-state index >= 15 is 0 Å². The standard InChI is InChI=1S/C15H17N3O/c1-11-8-14(5-6-15(11)18-12(2)19)17-10-13-4-3-7-16-9-13/h3-9,17H,10H2,1-2H3,(H,18,19). The maximum atomic E-state index is 11.0. The number of benzene rings is 1. The van der Waals surface area contributed by atoms with E-state index in [9.17, 15) is 4.79 Å². The quantitative estimate of drug-likeness (QED) is 0.883. The van der Waals surface area contributed by atoms with Gasteiger partial charge in [-0.05, 0) is 42.3 Å². The highest BCUT2D eigenvalue weighted by atomic mass is 16.1. The van der Waals surface area contributed by atoms with Gasteiger partial charge in [-0.3, -0.25) is 9.78 Å². The third-order valence-corrected chi connectivity index (χ3v) is 2.76. The highest BCUT2D eigenvalue weighted by Gasteiger charge is 2.01. The summed E-state index contributed by atoms with van der Waals surface area (Å²) in [7, 11) is 0. The Labute approximate surface area is 112 Å². The first-order valence-corrected chi connectivity index (χ1v) is 6.16. The van der Waals surface area contributed by atoms with Crippen molar-refractivity contribution in [3.05, 3.63) is 53.9 Å². The average Bonchev–Trinajstić information content (AvgIpc) is 2.40. The number of aryl methyl sites for hydroxylation is 1. The normalized spacial score (nSPS) is 10.0. The van der Waals surface area contributed by atoms with Crippen LogP contribution in [0.3, 0.4) is 0 Å². The summed E-state index contributed by atoms with van der Waals surface area (Å²) in [6.45, 7) is 4.21. The van der Waals surface area contributed by atoms with Crippen LogP contribution in [0.4, 0.5) is 11.4 Å². The molecule has 0 aliphatic heterocycles. The van der Waals surface area contributed by atoms with Crippen molar-refractivity contribution >= 4 is 17.3 Å². The summed E-state index contributed by atoms with van der Waals surface area (Å²) in [5.74, 6) is -0.0563. The fourth-order valence-electron chi connectivity index (χ4n) is 1.81. The summed E-state index contributed by atoms with van der Waals surface area (Å²) in [5.41, 5.74) is 4.03. The van der Waals surface area contributed by atoms with E-state index in [2.05, 4.69) is 15.6 Å². The molecule has 0 bridgehead atoms. The van der Waals surface area contributed by atoms with Crippen molar-refractivity contribution < 1.29 is 4.79 Å². The summed E-state index contributed by atoms with van der Waals surface area (Å²) < 4.78 is 0. The molecular weight excluding hydrogens is 238 g/mol. The van der Waals surface area contributed by atoms with Gasteiger partial charge in [0.2, 0.25) is 5.91 Å². The monoisotopic (exact) mass is 255 g/mol. The van der Waals surface area contributed by atoms with Crippen molar-refractivity contribution in [1.29, 1.82) is 0 Å². The summed E-state index contributed by atoms with van der Waals surface area (Å²) >= 11 is 0. The maximum Gasteiger partial charge on any atom is 0.221 e. The van der Waals surface area contributed by atoms with Gasteiger partial charge < -0.3 is 10.6 Å².